The highest BCUT2D eigenvalue weighted by atomic mass is 16.5. The van der Waals surface area contributed by atoms with Crippen molar-refractivity contribution in [2.45, 2.75) is 20.4 Å². The van der Waals surface area contributed by atoms with Crippen molar-refractivity contribution in [1.29, 1.82) is 0 Å². The number of amides is 2. The Balaban J connectivity index is 2.01. The molecule has 0 aromatic heterocycles. The molecule has 6 nitrogen and oxygen atoms in total. The van der Waals surface area contributed by atoms with Crippen molar-refractivity contribution in [1.82, 2.24) is 5.32 Å². The summed E-state index contributed by atoms with van der Waals surface area (Å²) in [4.78, 5) is 36.0. The minimum atomic E-state index is -0.842. The quantitative estimate of drug-likeness (QED) is 0.647. The van der Waals surface area contributed by atoms with E-state index in [2.05, 4.69) is 10.6 Å². The van der Waals surface area contributed by atoms with E-state index in [9.17, 15) is 14.4 Å². The highest BCUT2D eigenvalue weighted by molar-refractivity contribution is 6.39. The van der Waals surface area contributed by atoms with Crippen LogP contribution in [-0.4, -0.2) is 24.4 Å². The second-order valence-corrected chi connectivity index (χ2v) is 5.33. The van der Waals surface area contributed by atoms with Crippen molar-refractivity contribution in [3.63, 3.8) is 0 Å². The van der Waals surface area contributed by atoms with Crippen LogP contribution in [-0.2, 0) is 20.9 Å². The molecule has 0 saturated heterocycles. The zero-order chi connectivity index (χ0) is 18.2. The zero-order valence-corrected chi connectivity index (χ0v) is 14.2. The Bertz CT molecular complexity index is 786. The molecule has 0 heterocycles. The first kappa shape index (κ1) is 18.2. The summed E-state index contributed by atoms with van der Waals surface area (Å²) in [6.45, 7) is 4.09. The fourth-order valence-corrected chi connectivity index (χ4v) is 2.22. The molecule has 2 N–H and O–H groups in total. The predicted molar refractivity (Wildman–Crippen MR) is 94.1 cm³/mol. The monoisotopic (exact) mass is 340 g/mol. The van der Waals surface area contributed by atoms with Gasteiger partial charge in [-0.3, -0.25) is 9.59 Å². The van der Waals surface area contributed by atoms with E-state index < -0.39 is 17.8 Å². The molecule has 25 heavy (non-hydrogen) atoms. The largest absolute Gasteiger partial charge is 0.462 e. The number of esters is 1. The zero-order valence-electron chi connectivity index (χ0n) is 14.2. The maximum Gasteiger partial charge on any atom is 0.340 e. The van der Waals surface area contributed by atoms with Gasteiger partial charge in [0, 0.05) is 6.54 Å². The lowest BCUT2D eigenvalue weighted by Gasteiger charge is -2.11. The number of carbonyl (C=O) groups is 3. The number of aryl methyl sites for hydroxylation is 1. The van der Waals surface area contributed by atoms with Crippen LogP contribution in [0, 0.1) is 6.92 Å². The van der Waals surface area contributed by atoms with E-state index in [1.807, 2.05) is 31.2 Å². The summed E-state index contributed by atoms with van der Waals surface area (Å²) in [6.07, 6.45) is 0. The van der Waals surface area contributed by atoms with Gasteiger partial charge in [0.15, 0.2) is 0 Å². The molecule has 0 atom stereocenters. The Morgan fingerprint density at radius 2 is 1.64 bits per heavy atom. The van der Waals surface area contributed by atoms with Gasteiger partial charge in [-0.25, -0.2) is 4.79 Å². The highest BCUT2D eigenvalue weighted by Gasteiger charge is 2.18. The van der Waals surface area contributed by atoms with E-state index in [0.29, 0.717) is 0 Å². The molecule has 6 heteroatoms. The van der Waals surface area contributed by atoms with Gasteiger partial charge < -0.3 is 15.4 Å². The van der Waals surface area contributed by atoms with Crippen LogP contribution in [0.1, 0.15) is 28.4 Å². The van der Waals surface area contributed by atoms with Crippen LogP contribution in [0.25, 0.3) is 0 Å². The number of nitrogens with one attached hydrogen (secondary N) is 2. The molecule has 0 aliphatic rings. The molecule has 0 fully saturated rings. The van der Waals surface area contributed by atoms with Gasteiger partial charge in [-0.05, 0) is 37.1 Å². The van der Waals surface area contributed by atoms with Gasteiger partial charge in [-0.2, -0.15) is 0 Å². The van der Waals surface area contributed by atoms with Crippen molar-refractivity contribution in [3.05, 3.63) is 65.2 Å². The average Bonchev–Trinajstić information content (AvgIpc) is 2.61. The topological polar surface area (TPSA) is 84.5 Å². The molecule has 130 valence electrons. The van der Waals surface area contributed by atoms with E-state index in [0.717, 1.165) is 11.1 Å². The third-order valence-electron chi connectivity index (χ3n) is 3.58. The van der Waals surface area contributed by atoms with E-state index in [4.69, 9.17) is 4.74 Å². The molecule has 0 saturated carbocycles. The van der Waals surface area contributed by atoms with Crippen molar-refractivity contribution in [2.75, 3.05) is 11.9 Å². The number of hydrogen-bond acceptors (Lipinski definition) is 4. The van der Waals surface area contributed by atoms with E-state index >= 15 is 0 Å². The Hall–Kier alpha value is -3.15. The molecule has 2 amide bonds. The molecule has 0 spiro atoms. The number of rotatable bonds is 5. The SMILES string of the molecule is CCOC(=O)c1ccccc1NC(=O)C(=O)NCc1ccccc1C. The third kappa shape index (κ3) is 4.91. The Labute approximate surface area is 146 Å². The second-order valence-electron chi connectivity index (χ2n) is 5.33. The number of para-hydroxylation sites is 1. The van der Waals surface area contributed by atoms with Crippen molar-refractivity contribution in [2.24, 2.45) is 0 Å². The summed E-state index contributed by atoms with van der Waals surface area (Å²) in [6, 6.07) is 14.0. The molecule has 0 aliphatic carbocycles. The minimum absolute atomic E-state index is 0.199. The second kappa shape index (κ2) is 8.63. The predicted octanol–water partition coefficient (Wildman–Crippen LogP) is 2.43. The third-order valence-corrected chi connectivity index (χ3v) is 3.58. The molecule has 0 aliphatic heterocycles. The summed E-state index contributed by atoms with van der Waals surface area (Å²) >= 11 is 0. The fourth-order valence-electron chi connectivity index (χ4n) is 2.22. The molecular formula is C19H20N2O4. The van der Waals surface area contributed by atoms with Crippen LogP contribution in [0.3, 0.4) is 0 Å². The highest BCUT2D eigenvalue weighted by Crippen LogP contribution is 2.16. The number of anilines is 1. The maximum absolute atomic E-state index is 12.1. The van der Waals surface area contributed by atoms with Gasteiger partial charge in [0.1, 0.15) is 0 Å². The molecule has 0 unspecified atom stereocenters. The number of carbonyl (C=O) groups excluding carboxylic acids is 3. The van der Waals surface area contributed by atoms with Crippen LogP contribution in [0.15, 0.2) is 48.5 Å². The van der Waals surface area contributed by atoms with Gasteiger partial charge in [0.2, 0.25) is 0 Å². The molecule has 0 bridgehead atoms. The van der Waals surface area contributed by atoms with Gasteiger partial charge in [0.05, 0.1) is 17.9 Å². The summed E-state index contributed by atoms with van der Waals surface area (Å²) in [5.74, 6) is -2.18. The van der Waals surface area contributed by atoms with Crippen LogP contribution >= 0.6 is 0 Å². The first-order chi connectivity index (χ1) is 12.0. The van der Waals surface area contributed by atoms with E-state index in [1.165, 1.54) is 6.07 Å². The standard InChI is InChI=1S/C19H20N2O4/c1-3-25-19(24)15-10-6-7-11-16(15)21-18(23)17(22)20-12-14-9-5-4-8-13(14)2/h4-11H,3,12H2,1-2H3,(H,20,22)(H,21,23). The lowest BCUT2D eigenvalue weighted by Crippen LogP contribution is -2.35. The lowest BCUT2D eigenvalue weighted by atomic mass is 10.1. The van der Waals surface area contributed by atoms with Crippen LogP contribution < -0.4 is 10.6 Å². The fraction of sp³-hybridized carbons (Fsp3) is 0.211. The normalized spacial score (nSPS) is 10.0. The smallest absolute Gasteiger partial charge is 0.340 e. The molecule has 2 aromatic carbocycles. The summed E-state index contributed by atoms with van der Waals surface area (Å²) in [5.41, 5.74) is 2.38. The average molecular weight is 340 g/mol. The van der Waals surface area contributed by atoms with Crippen LogP contribution in [0.5, 0.6) is 0 Å². The minimum Gasteiger partial charge on any atom is -0.462 e. The van der Waals surface area contributed by atoms with Crippen LogP contribution in [0.4, 0.5) is 5.69 Å². The van der Waals surface area contributed by atoms with Gasteiger partial charge in [-0.15, -0.1) is 0 Å². The summed E-state index contributed by atoms with van der Waals surface area (Å²) in [5, 5.41) is 5.02. The molecule has 0 radical (unpaired) electrons. The molecular weight excluding hydrogens is 320 g/mol. The van der Waals surface area contributed by atoms with Crippen molar-refractivity contribution < 1.29 is 19.1 Å². The number of hydrogen-bond donors (Lipinski definition) is 2. The Morgan fingerprint density at radius 3 is 2.36 bits per heavy atom. The van der Waals surface area contributed by atoms with Crippen molar-refractivity contribution >= 4 is 23.5 Å². The van der Waals surface area contributed by atoms with E-state index in [-0.39, 0.29) is 24.4 Å². The lowest BCUT2D eigenvalue weighted by molar-refractivity contribution is -0.136. The molecule has 2 rings (SSSR count). The maximum atomic E-state index is 12.1. The van der Waals surface area contributed by atoms with Gasteiger partial charge in [0.25, 0.3) is 0 Å². The first-order valence-electron chi connectivity index (χ1n) is 7.92. The van der Waals surface area contributed by atoms with Crippen molar-refractivity contribution in [3.8, 4) is 0 Å². The van der Waals surface area contributed by atoms with Gasteiger partial charge in [-0.1, -0.05) is 36.4 Å². The Morgan fingerprint density at radius 1 is 0.960 bits per heavy atom. The Kier molecular flexibility index (Phi) is 6.28. The van der Waals surface area contributed by atoms with E-state index in [1.54, 1.807) is 25.1 Å². The number of benzene rings is 2. The summed E-state index contributed by atoms with van der Waals surface area (Å²) < 4.78 is 4.94. The van der Waals surface area contributed by atoms with Gasteiger partial charge >= 0.3 is 17.8 Å². The summed E-state index contributed by atoms with van der Waals surface area (Å²) in [7, 11) is 0. The molecule has 2 aromatic rings. The van der Waals surface area contributed by atoms with Crippen LogP contribution in [0.2, 0.25) is 0 Å². The number of ether oxygens (including phenoxy) is 1. The first-order valence-corrected chi connectivity index (χ1v) is 7.92.